The van der Waals surface area contributed by atoms with Crippen molar-refractivity contribution in [3.63, 3.8) is 0 Å². The number of benzene rings is 2. The van der Waals surface area contributed by atoms with E-state index in [1.165, 1.54) is 25.8 Å². The SMILES string of the molecule is CSc1[s+]c(-c2ccccc2)ccc1-c1ccccc1. The Labute approximate surface area is 128 Å². The maximum atomic E-state index is 2.24. The number of thioether (sulfide) groups is 1. The van der Waals surface area contributed by atoms with Crippen molar-refractivity contribution in [1.82, 2.24) is 0 Å². The van der Waals surface area contributed by atoms with Crippen molar-refractivity contribution in [3.05, 3.63) is 72.8 Å². The summed E-state index contributed by atoms with van der Waals surface area (Å²) in [6, 6.07) is 25.6. The minimum absolute atomic E-state index is 1.28. The van der Waals surface area contributed by atoms with Crippen LogP contribution in [-0.2, 0) is 0 Å². The van der Waals surface area contributed by atoms with E-state index in [9.17, 15) is 0 Å². The summed E-state index contributed by atoms with van der Waals surface area (Å²) >= 11 is 3.68. The van der Waals surface area contributed by atoms with Crippen LogP contribution in [0.3, 0.4) is 0 Å². The van der Waals surface area contributed by atoms with Crippen LogP contribution in [0, 0.1) is 0 Å². The van der Waals surface area contributed by atoms with Crippen LogP contribution in [0.15, 0.2) is 77.0 Å². The first kappa shape index (κ1) is 13.3. The average molecular weight is 295 g/mol. The molecule has 0 nitrogen and oxygen atoms in total. The van der Waals surface area contributed by atoms with Crippen LogP contribution in [0.2, 0.25) is 0 Å². The highest BCUT2D eigenvalue weighted by atomic mass is 32.2. The molecule has 0 radical (unpaired) electrons. The first-order chi connectivity index (χ1) is 9.88. The van der Waals surface area contributed by atoms with Crippen LogP contribution in [-0.4, -0.2) is 6.26 Å². The Bertz CT molecular complexity index is 691. The Kier molecular flexibility index (Phi) is 4.14. The van der Waals surface area contributed by atoms with Crippen molar-refractivity contribution in [1.29, 1.82) is 0 Å². The van der Waals surface area contributed by atoms with Crippen LogP contribution in [0.25, 0.3) is 21.6 Å². The molecule has 0 saturated heterocycles. The molecule has 0 bridgehead atoms. The van der Waals surface area contributed by atoms with Gasteiger partial charge in [-0.25, -0.2) is 0 Å². The molecule has 3 aromatic rings. The molecule has 1 aromatic heterocycles. The number of hydrogen-bond acceptors (Lipinski definition) is 1. The minimum atomic E-state index is 1.28. The zero-order chi connectivity index (χ0) is 13.8. The topological polar surface area (TPSA) is 0 Å². The van der Waals surface area contributed by atoms with Crippen molar-refractivity contribution in [2.24, 2.45) is 0 Å². The van der Waals surface area contributed by atoms with Gasteiger partial charge in [-0.15, -0.1) is 0 Å². The molecule has 0 atom stereocenters. The van der Waals surface area contributed by atoms with Gasteiger partial charge < -0.3 is 0 Å². The fourth-order valence-electron chi connectivity index (χ4n) is 2.16. The molecule has 2 aromatic carbocycles. The van der Waals surface area contributed by atoms with Crippen molar-refractivity contribution < 1.29 is 0 Å². The van der Waals surface area contributed by atoms with Gasteiger partial charge in [-0.05, 0) is 30.0 Å². The molecule has 0 amide bonds. The Morgan fingerprint density at radius 2 is 1.30 bits per heavy atom. The van der Waals surface area contributed by atoms with Crippen LogP contribution in [0.1, 0.15) is 0 Å². The third-order valence-electron chi connectivity index (χ3n) is 3.15. The van der Waals surface area contributed by atoms with Gasteiger partial charge in [0.15, 0.2) is 0 Å². The summed E-state index contributed by atoms with van der Waals surface area (Å²) in [5, 5.41) is 0. The summed E-state index contributed by atoms with van der Waals surface area (Å²) in [7, 11) is 0. The zero-order valence-electron chi connectivity index (χ0n) is 11.2. The lowest BCUT2D eigenvalue weighted by molar-refractivity contribution is 1.57. The second-order valence-corrected chi connectivity index (χ2v) is 6.56. The zero-order valence-corrected chi connectivity index (χ0v) is 12.9. The molecule has 0 aliphatic rings. The quantitative estimate of drug-likeness (QED) is 0.416. The third kappa shape index (κ3) is 2.77. The summed E-state index contributed by atoms with van der Waals surface area (Å²) in [5.41, 5.74) is 3.89. The lowest BCUT2D eigenvalue weighted by Crippen LogP contribution is -1.81. The number of rotatable bonds is 3. The maximum absolute atomic E-state index is 2.24. The Balaban J connectivity index is 2.07. The highest BCUT2D eigenvalue weighted by Crippen LogP contribution is 2.38. The van der Waals surface area contributed by atoms with E-state index >= 15 is 0 Å². The highest BCUT2D eigenvalue weighted by molar-refractivity contribution is 8.00. The highest BCUT2D eigenvalue weighted by Gasteiger charge is 2.19. The van der Waals surface area contributed by atoms with E-state index in [2.05, 4.69) is 79.1 Å². The van der Waals surface area contributed by atoms with Crippen LogP contribution in [0.5, 0.6) is 0 Å². The molecular formula is C18H15S2+. The molecular weight excluding hydrogens is 280 g/mol. The van der Waals surface area contributed by atoms with Crippen molar-refractivity contribution in [2.75, 3.05) is 6.26 Å². The van der Waals surface area contributed by atoms with E-state index in [1.54, 1.807) is 0 Å². The molecule has 0 saturated carbocycles. The van der Waals surface area contributed by atoms with Crippen molar-refractivity contribution >= 4 is 23.1 Å². The molecule has 0 N–H and O–H groups in total. The second kappa shape index (κ2) is 6.21. The van der Waals surface area contributed by atoms with Crippen molar-refractivity contribution in [2.45, 2.75) is 4.21 Å². The summed E-state index contributed by atoms with van der Waals surface area (Å²) in [6.07, 6.45) is 2.15. The largest absolute Gasteiger partial charge is 0.272 e. The first-order valence-corrected chi connectivity index (χ1v) is 8.54. The standard InChI is InChI=1S/C18H15S2/c1-19-18-16(14-8-4-2-5-9-14)12-13-17(20-18)15-10-6-3-7-11-15/h2-13H,1H3/q+1. The van der Waals surface area contributed by atoms with E-state index in [1.807, 2.05) is 23.1 Å². The molecule has 0 aliphatic carbocycles. The molecule has 1 heterocycles. The first-order valence-electron chi connectivity index (χ1n) is 6.50. The predicted octanol–water partition coefficient (Wildman–Crippen LogP) is 6.09. The molecule has 2 heteroatoms. The third-order valence-corrected chi connectivity index (χ3v) is 5.49. The van der Waals surface area contributed by atoms with Gasteiger partial charge in [0.2, 0.25) is 16.2 Å². The molecule has 0 fully saturated rings. The average Bonchev–Trinajstić information content (AvgIpc) is 2.56. The Morgan fingerprint density at radius 1 is 0.700 bits per heavy atom. The van der Waals surface area contributed by atoms with E-state index in [0.29, 0.717) is 0 Å². The van der Waals surface area contributed by atoms with Gasteiger partial charge in [-0.3, -0.25) is 0 Å². The van der Waals surface area contributed by atoms with Crippen LogP contribution >= 0.6 is 23.1 Å². The second-order valence-electron chi connectivity index (χ2n) is 4.44. The normalized spacial score (nSPS) is 10.4. The Morgan fingerprint density at radius 3 is 1.90 bits per heavy atom. The van der Waals surface area contributed by atoms with Gasteiger partial charge in [0, 0.05) is 11.6 Å². The monoisotopic (exact) mass is 295 g/mol. The lowest BCUT2D eigenvalue weighted by Gasteiger charge is -2.01. The van der Waals surface area contributed by atoms with Gasteiger partial charge in [0.1, 0.15) is 0 Å². The van der Waals surface area contributed by atoms with Gasteiger partial charge in [-0.2, -0.15) is 0 Å². The maximum Gasteiger partial charge on any atom is 0.272 e. The molecule has 0 spiro atoms. The van der Waals surface area contributed by atoms with Gasteiger partial charge >= 0.3 is 0 Å². The van der Waals surface area contributed by atoms with E-state index in [0.717, 1.165) is 0 Å². The summed E-state index contributed by atoms with van der Waals surface area (Å²) < 4.78 is 1.36. The van der Waals surface area contributed by atoms with Crippen LogP contribution in [0.4, 0.5) is 0 Å². The summed E-state index contributed by atoms with van der Waals surface area (Å²) in [6.45, 7) is 0. The lowest BCUT2D eigenvalue weighted by atomic mass is 10.1. The molecule has 0 aliphatic heterocycles. The molecule has 98 valence electrons. The minimum Gasteiger partial charge on any atom is -0.0674 e. The predicted molar refractivity (Wildman–Crippen MR) is 91.4 cm³/mol. The fourth-order valence-corrected chi connectivity index (χ4v) is 4.05. The van der Waals surface area contributed by atoms with E-state index in [4.69, 9.17) is 0 Å². The summed E-state index contributed by atoms with van der Waals surface area (Å²) in [5.74, 6) is 0. The van der Waals surface area contributed by atoms with Crippen LogP contribution < -0.4 is 0 Å². The number of hydrogen-bond donors (Lipinski definition) is 0. The molecule has 3 rings (SSSR count). The Hall–Kier alpha value is -1.64. The smallest absolute Gasteiger partial charge is 0.0674 e. The molecule has 0 unspecified atom stereocenters. The molecule has 20 heavy (non-hydrogen) atoms. The van der Waals surface area contributed by atoms with Gasteiger partial charge in [0.05, 0.1) is 5.56 Å². The van der Waals surface area contributed by atoms with E-state index in [-0.39, 0.29) is 0 Å². The van der Waals surface area contributed by atoms with Gasteiger partial charge in [-0.1, -0.05) is 60.3 Å². The fraction of sp³-hybridized carbons (Fsp3) is 0.0556. The van der Waals surface area contributed by atoms with E-state index < -0.39 is 0 Å². The van der Waals surface area contributed by atoms with Gasteiger partial charge in [0.25, 0.3) is 4.21 Å². The van der Waals surface area contributed by atoms with Crippen molar-refractivity contribution in [3.8, 4) is 21.6 Å². The summed E-state index contributed by atoms with van der Waals surface area (Å²) in [4.78, 5) is 1.31.